The van der Waals surface area contributed by atoms with Crippen molar-refractivity contribution in [2.24, 2.45) is 0 Å². The molecule has 1 amide bonds. The minimum atomic E-state index is -1.05. The molecular weight excluding hydrogens is 198 g/mol. The third kappa shape index (κ3) is 9.21. The number of carbonyl (C=O) groups excluding carboxylic acids is 2. The summed E-state index contributed by atoms with van der Waals surface area (Å²) in [5.41, 5.74) is 0. The van der Waals surface area contributed by atoms with Crippen molar-refractivity contribution in [3.8, 4) is 0 Å². The van der Waals surface area contributed by atoms with Crippen LogP contribution in [0.25, 0.3) is 0 Å². The zero-order valence-electron chi connectivity index (χ0n) is 9.28. The lowest BCUT2D eigenvalue weighted by Crippen LogP contribution is -2.21. The largest absolute Gasteiger partial charge is 0.464 e. The molecule has 88 valence electrons. The van der Waals surface area contributed by atoms with Gasteiger partial charge in [-0.3, -0.25) is 4.79 Å². The van der Waals surface area contributed by atoms with Gasteiger partial charge in [0.1, 0.15) is 6.10 Å². The average molecular weight is 217 g/mol. The number of esters is 1. The number of nitrogens with one attached hydrogen (secondary N) is 1. The second-order valence-corrected chi connectivity index (χ2v) is 3.39. The molecule has 0 fully saturated rings. The van der Waals surface area contributed by atoms with Crippen molar-refractivity contribution >= 4 is 11.9 Å². The quantitative estimate of drug-likeness (QED) is 0.472. The van der Waals surface area contributed by atoms with Gasteiger partial charge in [0, 0.05) is 13.5 Å². The van der Waals surface area contributed by atoms with E-state index in [2.05, 4.69) is 5.32 Å². The van der Waals surface area contributed by atoms with E-state index < -0.39 is 12.1 Å². The Balaban J connectivity index is 3.18. The van der Waals surface area contributed by atoms with Crippen molar-refractivity contribution in [2.75, 3.05) is 13.2 Å². The first-order valence-corrected chi connectivity index (χ1v) is 5.13. The Kier molecular flexibility index (Phi) is 7.62. The van der Waals surface area contributed by atoms with Crippen molar-refractivity contribution in [1.29, 1.82) is 0 Å². The molecule has 15 heavy (non-hydrogen) atoms. The van der Waals surface area contributed by atoms with Gasteiger partial charge in [0.05, 0.1) is 6.61 Å². The minimum absolute atomic E-state index is 0.0319. The fourth-order valence-electron chi connectivity index (χ4n) is 0.962. The second-order valence-electron chi connectivity index (χ2n) is 3.39. The van der Waals surface area contributed by atoms with Crippen LogP contribution in [0.5, 0.6) is 0 Å². The summed E-state index contributed by atoms with van der Waals surface area (Å²) in [6.45, 7) is 3.83. The molecule has 0 aromatic rings. The highest BCUT2D eigenvalue weighted by Gasteiger charge is 2.08. The van der Waals surface area contributed by atoms with Crippen LogP contribution in [0.2, 0.25) is 0 Å². The highest BCUT2D eigenvalue weighted by atomic mass is 16.5. The first kappa shape index (κ1) is 13.9. The van der Waals surface area contributed by atoms with E-state index in [1.165, 1.54) is 13.8 Å². The lowest BCUT2D eigenvalue weighted by molar-refractivity contribution is -0.152. The number of amides is 1. The van der Waals surface area contributed by atoms with Crippen molar-refractivity contribution in [1.82, 2.24) is 5.32 Å². The van der Waals surface area contributed by atoms with Crippen LogP contribution in [0.3, 0.4) is 0 Å². The van der Waals surface area contributed by atoms with Crippen molar-refractivity contribution in [2.45, 2.75) is 39.2 Å². The van der Waals surface area contributed by atoms with Gasteiger partial charge in [-0.2, -0.15) is 0 Å². The van der Waals surface area contributed by atoms with Gasteiger partial charge in [0.2, 0.25) is 5.91 Å². The first-order valence-electron chi connectivity index (χ1n) is 5.13. The molecule has 5 heteroatoms. The molecule has 0 rings (SSSR count). The SMILES string of the molecule is CC(=O)NCCCCCOC(=O)[C@H](C)O. The predicted molar refractivity (Wildman–Crippen MR) is 55.2 cm³/mol. The smallest absolute Gasteiger partial charge is 0.334 e. The zero-order chi connectivity index (χ0) is 11.7. The third-order valence-electron chi connectivity index (χ3n) is 1.78. The Morgan fingerprint density at radius 2 is 2.00 bits per heavy atom. The van der Waals surface area contributed by atoms with Crippen molar-refractivity contribution < 1.29 is 19.4 Å². The number of hydrogen-bond acceptors (Lipinski definition) is 4. The van der Waals surface area contributed by atoms with Crippen LogP contribution in [-0.4, -0.2) is 36.2 Å². The lowest BCUT2D eigenvalue weighted by Gasteiger charge is -2.06. The van der Waals surface area contributed by atoms with Gasteiger partial charge in [-0.1, -0.05) is 0 Å². The highest BCUT2D eigenvalue weighted by Crippen LogP contribution is 1.96. The van der Waals surface area contributed by atoms with E-state index in [1.807, 2.05) is 0 Å². The van der Waals surface area contributed by atoms with Crippen LogP contribution < -0.4 is 5.32 Å². The number of ether oxygens (including phenoxy) is 1. The Morgan fingerprint density at radius 3 is 2.53 bits per heavy atom. The Bertz CT molecular complexity index is 204. The van der Waals surface area contributed by atoms with Crippen LogP contribution in [-0.2, 0) is 14.3 Å². The summed E-state index contributed by atoms with van der Waals surface area (Å²) in [4.78, 5) is 21.3. The van der Waals surface area contributed by atoms with Gasteiger partial charge in [0.15, 0.2) is 0 Å². The minimum Gasteiger partial charge on any atom is -0.464 e. The maximum Gasteiger partial charge on any atom is 0.334 e. The number of aliphatic hydroxyl groups excluding tert-OH is 1. The average Bonchev–Trinajstić information content (AvgIpc) is 2.15. The van der Waals surface area contributed by atoms with Crippen molar-refractivity contribution in [3.05, 3.63) is 0 Å². The standard InChI is InChI=1S/C10H19NO4/c1-8(12)10(14)15-7-5-3-4-6-11-9(2)13/h8,12H,3-7H2,1-2H3,(H,11,13)/t8-/m0/s1. The summed E-state index contributed by atoms with van der Waals surface area (Å²) < 4.78 is 4.75. The van der Waals surface area contributed by atoms with Crippen LogP contribution in [0.1, 0.15) is 33.1 Å². The van der Waals surface area contributed by atoms with E-state index in [0.29, 0.717) is 13.2 Å². The summed E-state index contributed by atoms with van der Waals surface area (Å²) in [7, 11) is 0. The van der Waals surface area contributed by atoms with Gasteiger partial charge in [-0.25, -0.2) is 4.79 Å². The van der Waals surface area contributed by atoms with E-state index in [-0.39, 0.29) is 5.91 Å². The first-order chi connectivity index (χ1) is 7.04. The molecule has 0 bridgehead atoms. The predicted octanol–water partition coefficient (Wildman–Crippen LogP) is 0.217. The number of hydrogen-bond donors (Lipinski definition) is 2. The Morgan fingerprint density at radius 1 is 1.33 bits per heavy atom. The molecule has 0 aromatic heterocycles. The molecule has 2 N–H and O–H groups in total. The van der Waals surface area contributed by atoms with Gasteiger partial charge in [0.25, 0.3) is 0 Å². The normalized spacial score (nSPS) is 11.9. The molecule has 0 aliphatic heterocycles. The van der Waals surface area contributed by atoms with Crippen LogP contribution in [0, 0.1) is 0 Å². The van der Waals surface area contributed by atoms with E-state index in [9.17, 15) is 9.59 Å². The highest BCUT2D eigenvalue weighted by molar-refractivity contribution is 5.73. The molecule has 0 unspecified atom stereocenters. The van der Waals surface area contributed by atoms with E-state index in [4.69, 9.17) is 9.84 Å². The molecule has 0 aliphatic carbocycles. The maximum atomic E-state index is 10.8. The maximum absolute atomic E-state index is 10.8. The number of rotatable bonds is 7. The summed E-state index contributed by atoms with van der Waals surface area (Å²) in [5.74, 6) is -0.618. The third-order valence-corrected chi connectivity index (χ3v) is 1.78. The van der Waals surface area contributed by atoms with Gasteiger partial charge in [-0.15, -0.1) is 0 Å². The molecule has 5 nitrogen and oxygen atoms in total. The van der Waals surface area contributed by atoms with E-state index in [0.717, 1.165) is 19.3 Å². The number of unbranched alkanes of at least 4 members (excludes halogenated alkanes) is 2. The molecule has 0 spiro atoms. The molecular formula is C10H19NO4. The van der Waals surface area contributed by atoms with E-state index in [1.54, 1.807) is 0 Å². The summed E-state index contributed by atoms with van der Waals surface area (Å²) in [6, 6.07) is 0. The second kappa shape index (κ2) is 8.23. The summed E-state index contributed by atoms with van der Waals surface area (Å²) in [5, 5.41) is 11.5. The summed E-state index contributed by atoms with van der Waals surface area (Å²) in [6.07, 6.45) is 1.45. The van der Waals surface area contributed by atoms with Gasteiger partial charge < -0.3 is 15.2 Å². The Labute approximate surface area is 89.8 Å². The molecule has 0 saturated carbocycles. The fourth-order valence-corrected chi connectivity index (χ4v) is 0.962. The molecule has 0 heterocycles. The van der Waals surface area contributed by atoms with E-state index >= 15 is 0 Å². The number of aliphatic hydroxyl groups is 1. The molecule has 1 atom stereocenters. The molecule has 0 aliphatic rings. The molecule has 0 aromatic carbocycles. The molecule has 0 radical (unpaired) electrons. The zero-order valence-corrected chi connectivity index (χ0v) is 9.28. The number of carbonyl (C=O) groups is 2. The van der Waals surface area contributed by atoms with Crippen LogP contribution in [0.4, 0.5) is 0 Å². The van der Waals surface area contributed by atoms with Gasteiger partial charge in [-0.05, 0) is 26.2 Å². The fraction of sp³-hybridized carbons (Fsp3) is 0.800. The Hall–Kier alpha value is -1.10. The van der Waals surface area contributed by atoms with Gasteiger partial charge >= 0.3 is 5.97 Å². The van der Waals surface area contributed by atoms with Crippen LogP contribution >= 0.6 is 0 Å². The molecule has 0 saturated heterocycles. The van der Waals surface area contributed by atoms with Crippen molar-refractivity contribution in [3.63, 3.8) is 0 Å². The lowest BCUT2D eigenvalue weighted by atomic mass is 10.2. The monoisotopic (exact) mass is 217 g/mol. The summed E-state index contributed by atoms with van der Waals surface area (Å²) >= 11 is 0. The van der Waals surface area contributed by atoms with Crippen LogP contribution in [0.15, 0.2) is 0 Å². The topological polar surface area (TPSA) is 75.6 Å².